The highest BCUT2D eigenvalue weighted by molar-refractivity contribution is 5.91. The summed E-state index contributed by atoms with van der Waals surface area (Å²) in [6, 6.07) is 3.36. The average molecular weight is 248 g/mol. The first kappa shape index (κ1) is 12.3. The molecule has 96 valence electrons. The molecule has 6 heteroatoms. The second kappa shape index (κ2) is 5.03. The lowest BCUT2D eigenvalue weighted by Gasteiger charge is -2.13. The fourth-order valence-electron chi connectivity index (χ4n) is 1.78. The van der Waals surface area contributed by atoms with Gasteiger partial charge in [-0.1, -0.05) is 0 Å². The van der Waals surface area contributed by atoms with Gasteiger partial charge in [-0.15, -0.1) is 0 Å². The van der Waals surface area contributed by atoms with Crippen molar-refractivity contribution in [1.82, 2.24) is 20.1 Å². The molecule has 2 aromatic rings. The number of amides is 1. The molecule has 2 heterocycles. The first-order valence-corrected chi connectivity index (χ1v) is 5.79. The van der Waals surface area contributed by atoms with E-state index in [0.29, 0.717) is 12.3 Å². The Balaban J connectivity index is 1.94. The second-order valence-electron chi connectivity index (χ2n) is 4.19. The van der Waals surface area contributed by atoms with Crippen molar-refractivity contribution in [1.29, 1.82) is 0 Å². The lowest BCUT2D eigenvalue weighted by Crippen LogP contribution is -2.30. The summed E-state index contributed by atoms with van der Waals surface area (Å²) in [7, 11) is 0. The molecule has 0 radical (unpaired) electrons. The van der Waals surface area contributed by atoms with E-state index < -0.39 is 0 Å². The minimum atomic E-state index is -0.221. The molecule has 2 rings (SSSR count). The van der Waals surface area contributed by atoms with Crippen LogP contribution >= 0.6 is 0 Å². The van der Waals surface area contributed by atoms with Crippen LogP contribution < -0.4 is 5.32 Å². The van der Waals surface area contributed by atoms with Crippen LogP contribution in [0.4, 0.5) is 0 Å². The molecule has 18 heavy (non-hydrogen) atoms. The Morgan fingerprint density at radius 2 is 2.33 bits per heavy atom. The van der Waals surface area contributed by atoms with Crippen LogP contribution in [0.5, 0.6) is 0 Å². The van der Waals surface area contributed by atoms with Crippen LogP contribution in [0.15, 0.2) is 22.8 Å². The fourth-order valence-corrected chi connectivity index (χ4v) is 1.78. The molecule has 0 spiro atoms. The van der Waals surface area contributed by atoms with Crippen molar-refractivity contribution in [2.45, 2.75) is 26.8 Å². The molecular weight excluding hydrogens is 232 g/mol. The van der Waals surface area contributed by atoms with Crippen molar-refractivity contribution in [3.63, 3.8) is 0 Å². The Kier molecular flexibility index (Phi) is 3.45. The quantitative estimate of drug-likeness (QED) is 0.889. The van der Waals surface area contributed by atoms with Gasteiger partial charge in [-0.2, -0.15) is 5.10 Å². The normalized spacial score (nSPS) is 12.4. The molecule has 1 N–H and O–H groups in total. The zero-order valence-corrected chi connectivity index (χ0v) is 10.7. The summed E-state index contributed by atoms with van der Waals surface area (Å²) in [5, 5.41) is 7.08. The van der Waals surface area contributed by atoms with Crippen molar-refractivity contribution in [3.05, 3.63) is 35.8 Å². The van der Waals surface area contributed by atoms with Crippen LogP contribution in [0, 0.1) is 13.8 Å². The average Bonchev–Trinajstić information content (AvgIpc) is 2.95. The SMILES string of the molecule is Cc1nc(C)n([C@H](C)CNC(=O)c2ccco2)n1. The first-order chi connectivity index (χ1) is 8.58. The number of nitrogens with zero attached hydrogens (tertiary/aromatic N) is 3. The summed E-state index contributed by atoms with van der Waals surface area (Å²) in [4.78, 5) is 15.9. The number of aromatic nitrogens is 3. The van der Waals surface area contributed by atoms with Crippen molar-refractivity contribution in [3.8, 4) is 0 Å². The predicted molar refractivity (Wildman–Crippen MR) is 65.2 cm³/mol. The lowest BCUT2D eigenvalue weighted by molar-refractivity contribution is 0.0920. The van der Waals surface area contributed by atoms with E-state index >= 15 is 0 Å². The topological polar surface area (TPSA) is 73.0 Å². The maximum absolute atomic E-state index is 11.7. The van der Waals surface area contributed by atoms with Crippen LogP contribution in [-0.2, 0) is 0 Å². The van der Waals surface area contributed by atoms with E-state index in [4.69, 9.17) is 4.42 Å². The number of hydrogen-bond donors (Lipinski definition) is 1. The molecule has 1 atom stereocenters. The molecule has 6 nitrogen and oxygen atoms in total. The standard InChI is InChI=1S/C12H16N4O2/c1-8(16-10(3)14-9(2)15-16)7-13-12(17)11-5-4-6-18-11/h4-6,8H,7H2,1-3H3,(H,13,17)/t8-/m1/s1. The minimum absolute atomic E-state index is 0.0464. The van der Waals surface area contributed by atoms with Crippen LogP contribution in [0.1, 0.15) is 35.2 Å². The highest BCUT2D eigenvalue weighted by atomic mass is 16.3. The van der Waals surface area contributed by atoms with Crippen LogP contribution in [0.3, 0.4) is 0 Å². The third-order valence-electron chi connectivity index (χ3n) is 2.63. The molecule has 0 bridgehead atoms. The number of nitrogens with one attached hydrogen (secondary N) is 1. The van der Waals surface area contributed by atoms with Crippen LogP contribution in [0.25, 0.3) is 0 Å². The third-order valence-corrected chi connectivity index (χ3v) is 2.63. The summed E-state index contributed by atoms with van der Waals surface area (Å²) in [6.45, 7) is 6.19. The summed E-state index contributed by atoms with van der Waals surface area (Å²) >= 11 is 0. The van der Waals surface area contributed by atoms with Crippen LogP contribution in [0.2, 0.25) is 0 Å². The largest absolute Gasteiger partial charge is 0.459 e. The zero-order chi connectivity index (χ0) is 13.1. The Morgan fingerprint density at radius 1 is 1.56 bits per heavy atom. The predicted octanol–water partition coefficient (Wildman–Crippen LogP) is 1.48. The van der Waals surface area contributed by atoms with Crippen molar-refractivity contribution in [2.75, 3.05) is 6.54 Å². The summed E-state index contributed by atoms with van der Waals surface area (Å²) in [5.41, 5.74) is 0. The van der Waals surface area contributed by atoms with Gasteiger partial charge in [0.25, 0.3) is 5.91 Å². The van der Waals surface area contributed by atoms with Gasteiger partial charge in [-0.25, -0.2) is 9.67 Å². The van der Waals surface area contributed by atoms with E-state index in [-0.39, 0.29) is 11.9 Å². The monoisotopic (exact) mass is 248 g/mol. The van der Waals surface area contributed by atoms with E-state index in [1.54, 1.807) is 16.8 Å². The molecular formula is C12H16N4O2. The number of aryl methyl sites for hydroxylation is 2. The highest BCUT2D eigenvalue weighted by Gasteiger charge is 2.13. The Bertz CT molecular complexity index is 530. The van der Waals surface area contributed by atoms with Gasteiger partial charge >= 0.3 is 0 Å². The third kappa shape index (κ3) is 2.58. The first-order valence-electron chi connectivity index (χ1n) is 5.79. The van der Waals surface area contributed by atoms with Gasteiger partial charge in [-0.05, 0) is 32.9 Å². The van der Waals surface area contributed by atoms with E-state index in [0.717, 1.165) is 11.6 Å². The Morgan fingerprint density at radius 3 is 2.89 bits per heavy atom. The Labute approximate surface area is 105 Å². The number of furan rings is 1. The molecule has 0 saturated heterocycles. The molecule has 1 amide bonds. The Hall–Kier alpha value is -2.11. The van der Waals surface area contributed by atoms with E-state index in [9.17, 15) is 4.79 Å². The van der Waals surface area contributed by atoms with Gasteiger partial charge in [0.2, 0.25) is 0 Å². The summed E-state index contributed by atoms with van der Waals surface area (Å²) < 4.78 is 6.82. The van der Waals surface area contributed by atoms with Gasteiger partial charge in [0.05, 0.1) is 12.3 Å². The number of carbonyl (C=O) groups excluding carboxylic acids is 1. The maximum atomic E-state index is 11.7. The smallest absolute Gasteiger partial charge is 0.287 e. The lowest BCUT2D eigenvalue weighted by atomic mass is 10.3. The molecule has 0 aliphatic carbocycles. The molecule has 0 aromatic carbocycles. The number of hydrogen-bond acceptors (Lipinski definition) is 4. The summed E-state index contributed by atoms with van der Waals surface area (Å²) in [6.07, 6.45) is 1.48. The second-order valence-corrected chi connectivity index (χ2v) is 4.19. The minimum Gasteiger partial charge on any atom is -0.459 e. The molecule has 0 fully saturated rings. The number of rotatable bonds is 4. The van der Waals surface area contributed by atoms with Crippen molar-refractivity contribution >= 4 is 5.91 Å². The van der Waals surface area contributed by atoms with Crippen molar-refractivity contribution in [2.24, 2.45) is 0 Å². The van der Waals surface area contributed by atoms with Crippen LogP contribution in [-0.4, -0.2) is 27.2 Å². The van der Waals surface area contributed by atoms with Gasteiger partial charge in [0.1, 0.15) is 11.6 Å². The van der Waals surface area contributed by atoms with E-state index in [1.165, 1.54) is 6.26 Å². The van der Waals surface area contributed by atoms with Gasteiger partial charge in [0, 0.05) is 6.54 Å². The maximum Gasteiger partial charge on any atom is 0.287 e. The van der Waals surface area contributed by atoms with Crippen molar-refractivity contribution < 1.29 is 9.21 Å². The van der Waals surface area contributed by atoms with Gasteiger partial charge < -0.3 is 9.73 Å². The van der Waals surface area contributed by atoms with Gasteiger partial charge in [0.15, 0.2) is 5.76 Å². The van der Waals surface area contributed by atoms with E-state index in [1.807, 2.05) is 20.8 Å². The molecule has 2 aromatic heterocycles. The molecule has 0 aliphatic heterocycles. The fraction of sp³-hybridized carbons (Fsp3) is 0.417. The summed E-state index contributed by atoms with van der Waals surface area (Å²) in [5.74, 6) is 1.67. The van der Waals surface area contributed by atoms with E-state index in [2.05, 4.69) is 15.4 Å². The number of carbonyl (C=O) groups is 1. The van der Waals surface area contributed by atoms with Gasteiger partial charge in [-0.3, -0.25) is 4.79 Å². The zero-order valence-electron chi connectivity index (χ0n) is 10.7. The molecule has 0 saturated carbocycles. The highest BCUT2D eigenvalue weighted by Crippen LogP contribution is 2.07. The molecule has 0 unspecified atom stereocenters. The molecule has 0 aliphatic rings.